The highest BCUT2D eigenvalue weighted by Crippen LogP contribution is 2.25. The summed E-state index contributed by atoms with van der Waals surface area (Å²) in [6, 6.07) is 26.2. The first-order valence-electron chi connectivity index (χ1n) is 11.2. The average Bonchev–Trinajstić information content (AvgIpc) is 3.39. The third-order valence-corrected chi connectivity index (χ3v) is 7.76. The van der Waals surface area contributed by atoms with Crippen LogP contribution in [0.1, 0.15) is 35.6 Å². The average molecular weight is 464 g/mol. The molecule has 3 aromatic rings. The Morgan fingerprint density at radius 3 is 1.91 bits per heavy atom. The van der Waals surface area contributed by atoms with Crippen LogP contribution in [-0.4, -0.2) is 38.3 Å². The molecule has 33 heavy (non-hydrogen) atoms. The van der Waals surface area contributed by atoms with Crippen molar-refractivity contribution in [2.45, 2.75) is 25.8 Å². The van der Waals surface area contributed by atoms with Crippen LogP contribution in [0, 0.1) is 6.92 Å². The second kappa shape index (κ2) is 10.2. The minimum Gasteiger partial charge on any atom is -0.344 e. The van der Waals surface area contributed by atoms with Crippen LogP contribution in [0.15, 0.2) is 84.9 Å². The molecule has 0 spiro atoms. The minimum atomic E-state index is -3.82. The van der Waals surface area contributed by atoms with Crippen molar-refractivity contribution in [3.8, 4) is 0 Å². The van der Waals surface area contributed by atoms with Gasteiger partial charge in [0.1, 0.15) is 6.54 Å². The maximum Gasteiger partial charge on any atom is 0.304 e. The van der Waals surface area contributed by atoms with E-state index in [-0.39, 0.29) is 18.5 Å². The van der Waals surface area contributed by atoms with Gasteiger partial charge in [0.05, 0.1) is 11.7 Å². The van der Waals surface area contributed by atoms with Gasteiger partial charge in [0, 0.05) is 13.1 Å². The second-order valence-electron chi connectivity index (χ2n) is 8.28. The van der Waals surface area contributed by atoms with Crippen molar-refractivity contribution in [1.82, 2.24) is 9.62 Å². The third kappa shape index (κ3) is 5.43. The van der Waals surface area contributed by atoms with Crippen molar-refractivity contribution < 1.29 is 13.2 Å². The lowest BCUT2D eigenvalue weighted by molar-refractivity contribution is -0.120. The van der Waals surface area contributed by atoms with Crippen LogP contribution in [0.5, 0.6) is 0 Å². The lowest BCUT2D eigenvalue weighted by Crippen LogP contribution is -2.47. The van der Waals surface area contributed by atoms with Gasteiger partial charge < -0.3 is 5.32 Å². The molecular weight excluding hydrogens is 434 g/mol. The molecule has 0 aliphatic carbocycles. The van der Waals surface area contributed by atoms with E-state index in [0.29, 0.717) is 18.8 Å². The summed E-state index contributed by atoms with van der Waals surface area (Å²) in [5.41, 5.74) is 3.37. The van der Waals surface area contributed by atoms with E-state index in [2.05, 4.69) is 5.32 Å². The number of amides is 1. The van der Waals surface area contributed by atoms with Gasteiger partial charge in [-0.25, -0.2) is 4.31 Å². The van der Waals surface area contributed by atoms with Crippen LogP contribution < -0.4 is 9.62 Å². The summed E-state index contributed by atoms with van der Waals surface area (Å²) in [7, 11) is -3.82. The van der Waals surface area contributed by atoms with Gasteiger partial charge in [-0.15, -0.1) is 0 Å². The van der Waals surface area contributed by atoms with Crippen LogP contribution >= 0.6 is 0 Å². The van der Waals surface area contributed by atoms with E-state index in [1.54, 1.807) is 12.1 Å². The zero-order valence-electron chi connectivity index (χ0n) is 18.7. The molecule has 1 N–H and O–H groups in total. The number of aryl methyl sites for hydroxylation is 1. The Balaban J connectivity index is 1.62. The number of carbonyl (C=O) groups is 1. The molecule has 0 saturated carbocycles. The molecule has 4 rings (SSSR count). The quantitative estimate of drug-likeness (QED) is 0.548. The van der Waals surface area contributed by atoms with Crippen molar-refractivity contribution >= 4 is 21.8 Å². The lowest BCUT2D eigenvalue weighted by Gasteiger charge is -2.29. The fourth-order valence-corrected chi connectivity index (χ4v) is 5.73. The van der Waals surface area contributed by atoms with E-state index in [4.69, 9.17) is 0 Å². The van der Waals surface area contributed by atoms with E-state index >= 15 is 0 Å². The molecule has 1 saturated heterocycles. The summed E-state index contributed by atoms with van der Waals surface area (Å²) in [6.45, 7) is 2.60. The smallest absolute Gasteiger partial charge is 0.304 e. The van der Waals surface area contributed by atoms with Gasteiger partial charge in [-0.3, -0.25) is 4.79 Å². The predicted molar refractivity (Wildman–Crippen MR) is 131 cm³/mol. The number of nitrogens with zero attached hydrogens (tertiary/aromatic N) is 2. The zero-order valence-corrected chi connectivity index (χ0v) is 19.5. The molecule has 0 radical (unpaired) electrons. The summed E-state index contributed by atoms with van der Waals surface area (Å²) < 4.78 is 29.6. The fourth-order valence-electron chi connectivity index (χ4n) is 4.06. The van der Waals surface area contributed by atoms with Crippen LogP contribution in [0.4, 0.5) is 5.69 Å². The summed E-state index contributed by atoms with van der Waals surface area (Å²) in [4.78, 5) is 13.3. The van der Waals surface area contributed by atoms with Gasteiger partial charge in [-0.2, -0.15) is 12.7 Å². The lowest BCUT2D eigenvalue weighted by atomic mass is 9.99. The van der Waals surface area contributed by atoms with Crippen LogP contribution in [0.2, 0.25) is 0 Å². The topological polar surface area (TPSA) is 69.7 Å². The largest absolute Gasteiger partial charge is 0.344 e. The molecule has 7 heteroatoms. The van der Waals surface area contributed by atoms with Gasteiger partial charge in [0.15, 0.2) is 0 Å². The van der Waals surface area contributed by atoms with Gasteiger partial charge in [0.25, 0.3) is 0 Å². The number of nitrogens with one attached hydrogen (secondary N) is 1. The number of hydrogen-bond donors (Lipinski definition) is 1. The number of rotatable bonds is 8. The van der Waals surface area contributed by atoms with Crippen molar-refractivity contribution in [2.24, 2.45) is 0 Å². The molecule has 0 aromatic heterocycles. The van der Waals surface area contributed by atoms with E-state index in [1.165, 1.54) is 8.61 Å². The fraction of sp³-hybridized carbons (Fsp3) is 0.269. The second-order valence-corrected chi connectivity index (χ2v) is 10.1. The molecule has 1 amide bonds. The molecule has 0 unspecified atom stereocenters. The highest BCUT2D eigenvalue weighted by molar-refractivity contribution is 7.90. The first-order valence-corrected chi connectivity index (χ1v) is 12.6. The summed E-state index contributed by atoms with van der Waals surface area (Å²) >= 11 is 0. The molecule has 0 bridgehead atoms. The molecule has 1 aliphatic rings. The Bertz CT molecular complexity index is 1120. The molecular formula is C26H29N3O3S. The molecule has 172 valence electrons. The van der Waals surface area contributed by atoms with Crippen molar-refractivity contribution in [3.05, 3.63) is 102 Å². The normalized spacial score (nSPS) is 14.4. The van der Waals surface area contributed by atoms with Gasteiger partial charge in [-0.05, 0) is 43.0 Å². The Morgan fingerprint density at radius 2 is 1.39 bits per heavy atom. The SMILES string of the molecule is Cc1ccc(N(CC(=O)NC(c2ccccc2)c2ccccc2)S(=O)(=O)N2CCCC2)cc1. The van der Waals surface area contributed by atoms with Crippen LogP contribution in [0.25, 0.3) is 0 Å². The summed E-state index contributed by atoms with van der Waals surface area (Å²) in [6.07, 6.45) is 1.66. The number of hydrogen-bond acceptors (Lipinski definition) is 3. The van der Waals surface area contributed by atoms with Crippen molar-refractivity contribution in [3.63, 3.8) is 0 Å². The molecule has 1 fully saturated rings. The monoisotopic (exact) mass is 463 g/mol. The van der Waals surface area contributed by atoms with Gasteiger partial charge in [-0.1, -0.05) is 78.4 Å². The Hall–Kier alpha value is -3.16. The molecule has 1 aliphatic heterocycles. The molecule has 1 heterocycles. The highest BCUT2D eigenvalue weighted by atomic mass is 32.2. The third-order valence-electron chi connectivity index (χ3n) is 5.85. The van der Waals surface area contributed by atoms with Crippen LogP contribution in [0.3, 0.4) is 0 Å². The Kier molecular flexibility index (Phi) is 7.11. The zero-order chi connectivity index (χ0) is 23.3. The number of anilines is 1. The first-order chi connectivity index (χ1) is 15.9. The Morgan fingerprint density at radius 1 is 0.879 bits per heavy atom. The summed E-state index contributed by atoms with van der Waals surface area (Å²) in [5, 5.41) is 3.06. The van der Waals surface area contributed by atoms with Crippen molar-refractivity contribution in [1.29, 1.82) is 0 Å². The summed E-state index contributed by atoms with van der Waals surface area (Å²) in [5.74, 6) is -0.365. The van der Waals surface area contributed by atoms with Crippen LogP contribution in [-0.2, 0) is 15.0 Å². The van der Waals surface area contributed by atoms with Crippen molar-refractivity contribution in [2.75, 3.05) is 23.9 Å². The molecule has 3 aromatic carbocycles. The van der Waals surface area contributed by atoms with E-state index in [0.717, 1.165) is 29.5 Å². The molecule has 0 atom stereocenters. The number of benzene rings is 3. The Labute approximate surface area is 196 Å². The van der Waals surface area contributed by atoms with E-state index in [1.807, 2.05) is 79.7 Å². The maximum absolute atomic E-state index is 13.5. The number of carbonyl (C=O) groups excluding carboxylic acids is 1. The standard InChI is InChI=1S/C26H29N3O3S/c1-21-14-16-24(17-15-21)29(33(31,32)28-18-8-9-19-28)20-25(30)27-26(22-10-4-2-5-11-22)23-12-6-3-7-13-23/h2-7,10-17,26H,8-9,18-20H2,1H3,(H,27,30). The first kappa shape index (κ1) is 23.0. The predicted octanol–water partition coefficient (Wildman–Crippen LogP) is 4.05. The minimum absolute atomic E-state index is 0.294. The van der Waals surface area contributed by atoms with Gasteiger partial charge >= 0.3 is 10.2 Å². The molecule has 6 nitrogen and oxygen atoms in total. The van der Waals surface area contributed by atoms with E-state index in [9.17, 15) is 13.2 Å². The van der Waals surface area contributed by atoms with E-state index < -0.39 is 10.2 Å². The maximum atomic E-state index is 13.5. The van der Waals surface area contributed by atoms with Gasteiger partial charge in [0.2, 0.25) is 5.91 Å². The highest BCUT2D eigenvalue weighted by Gasteiger charge is 2.33.